The molecular weight excluding hydrogens is 639 g/mol. The van der Waals surface area contributed by atoms with Gasteiger partial charge in [-0.05, 0) is 0 Å². The molecule has 0 aliphatic heterocycles. The standard InChI is InChI=1S/C37H31S.2ClH.Zr/c1-22(2)29-21-27-19-18-23(3)32(26-14-9-6-10-15-26)34(27)36(29)33-24(4)20-30-35-28(25-12-7-5-8-13-25)16-11-17-31(35)38-37(30)33;;;/h5-22,29,32H,3H2,1-2,4H3;2*1H;. The topological polar surface area (TPSA) is 0 Å². The normalized spacial score (nSPS) is 22.9. The van der Waals surface area contributed by atoms with Gasteiger partial charge in [-0.2, -0.15) is 0 Å². The van der Waals surface area contributed by atoms with Crippen molar-refractivity contribution in [1.29, 1.82) is 0 Å². The van der Waals surface area contributed by atoms with Gasteiger partial charge in [-0.3, -0.25) is 0 Å². The van der Waals surface area contributed by atoms with E-state index in [2.05, 4.69) is 124 Å². The van der Waals surface area contributed by atoms with E-state index in [1.165, 1.54) is 59.5 Å². The van der Waals surface area contributed by atoms with Gasteiger partial charge in [-0.25, -0.2) is 0 Å². The molecule has 7 rings (SSSR count). The Balaban J connectivity index is 0.00000169. The molecule has 0 radical (unpaired) electrons. The average Bonchev–Trinajstić information content (AvgIpc) is 3.56. The number of fused-ring (bicyclic) bond motifs is 3. The van der Waals surface area contributed by atoms with Crippen LogP contribution in [0.25, 0.3) is 32.9 Å². The first-order valence-corrected chi connectivity index (χ1v) is 16.1. The minimum atomic E-state index is 0. The summed E-state index contributed by atoms with van der Waals surface area (Å²) >= 11 is 3.58. The fourth-order valence-corrected chi connectivity index (χ4v) is 10.4. The van der Waals surface area contributed by atoms with Gasteiger partial charge in [-0.1, -0.05) is 0 Å². The summed E-state index contributed by atoms with van der Waals surface area (Å²) in [5, 5.41) is 1.40. The second kappa shape index (κ2) is 11.8. The molecule has 3 aliphatic carbocycles. The maximum Gasteiger partial charge on any atom is -0.147 e. The molecule has 1 heterocycles. The van der Waals surface area contributed by atoms with Crippen LogP contribution in [-0.4, -0.2) is 0 Å². The van der Waals surface area contributed by atoms with E-state index in [9.17, 15) is 0 Å². The summed E-state index contributed by atoms with van der Waals surface area (Å²) in [6.07, 6.45) is 7.15. The zero-order chi connectivity index (χ0) is 26.8. The van der Waals surface area contributed by atoms with Crippen molar-refractivity contribution in [3.05, 3.63) is 141 Å². The van der Waals surface area contributed by atoms with Crippen molar-refractivity contribution in [2.45, 2.75) is 30.3 Å². The third-order valence-electron chi connectivity index (χ3n) is 8.70. The molecule has 0 nitrogen and oxygen atoms in total. The molecule has 0 fully saturated rings. The van der Waals surface area contributed by atoms with Gasteiger partial charge < -0.3 is 0 Å². The maximum atomic E-state index is 4.58. The van der Waals surface area contributed by atoms with E-state index in [-0.39, 0.29) is 30.7 Å². The number of hydrogen-bond acceptors (Lipinski definition) is 1. The monoisotopic (exact) mass is 669 g/mol. The molecule has 0 bridgehead atoms. The summed E-state index contributed by atoms with van der Waals surface area (Å²) in [4.78, 5) is 1.45. The Labute approximate surface area is 275 Å². The Morgan fingerprint density at radius 2 is 1.51 bits per heavy atom. The Hall–Kier alpha value is -2.22. The van der Waals surface area contributed by atoms with Crippen LogP contribution in [-0.2, 0) is 24.7 Å². The zero-order valence-electron chi connectivity index (χ0n) is 23.5. The van der Waals surface area contributed by atoms with E-state index in [1.54, 1.807) is 35.9 Å². The van der Waals surface area contributed by atoms with Crippen molar-refractivity contribution in [1.82, 2.24) is 0 Å². The van der Waals surface area contributed by atoms with Gasteiger partial charge in [0.05, 0.1) is 0 Å². The Bertz CT molecular complexity index is 1770. The minimum Gasteiger partial charge on any atom is -0.147 e. The Morgan fingerprint density at radius 3 is 2.20 bits per heavy atom. The van der Waals surface area contributed by atoms with Crippen molar-refractivity contribution >= 4 is 57.9 Å². The first-order chi connectivity index (χ1) is 19.0. The number of thiophene rings is 1. The fourth-order valence-electron chi connectivity index (χ4n) is 7.06. The van der Waals surface area contributed by atoms with E-state index in [4.69, 9.17) is 0 Å². The van der Waals surface area contributed by atoms with Crippen molar-refractivity contribution in [2.24, 2.45) is 11.8 Å². The quantitative estimate of drug-likeness (QED) is 0.203. The summed E-state index contributed by atoms with van der Waals surface area (Å²) in [5.41, 5.74) is 14.2. The van der Waals surface area contributed by atoms with Gasteiger partial charge in [0.2, 0.25) is 0 Å². The molecule has 3 unspecified atom stereocenters. The van der Waals surface area contributed by atoms with Gasteiger partial charge in [0.25, 0.3) is 0 Å². The molecule has 4 heteroatoms. The van der Waals surface area contributed by atoms with Crippen LogP contribution in [0.5, 0.6) is 0 Å². The summed E-state index contributed by atoms with van der Waals surface area (Å²) < 4.78 is 1.94. The molecule has 3 aromatic carbocycles. The molecule has 0 saturated carbocycles. The molecular formula is C37H33Cl2SZr. The van der Waals surface area contributed by atoms with Crippen LogP contribution in [0.2, 0.25) is 3.63 Å². The fraction of sp³-hybridized carbons (Fsp3) is 0.189. The van der Waals surface area contributed by atoms with Crippen LogP contribution < -0.4 is 0 Å². The van der Waals surface area contributed by atoms with Crippen molar-refractivity contribution in [2.75, 3.05) is 0 Å². The van der Waals surface area contributed by atoms with Crippen molar-refractivity contribution in [3.63, 3.8) is 0 Å². The summed E-state index contributed by atoms with van der Waals surface area (Å²) in [7, 11) is 0. The first kappa shape index (κ1) is 30.2. The van der Waals surface area contributed by atoms with Gasteiger partial charge in [0, 0.05) is 0 Å². The first-order valence-electron chi connectivity index (χ1n) is 13.9. The Kier molecular flexibility index (Phi) is 8.72. The van der Waals surface area contributed by atoms with Gasteiger partial charge >= 0.3 is 253 Å². The predicted octanol–water partition coefficient (Wildman–Crippen LogP) is 11.4. The van der Waals surface area contributed by atoms with Gasteiger partial charge in [-0.15, -0.1) is 24.8 Å². The number of halogens is 2. The number of allylic oxidation sites excluding steroid dienone is 8. The van der Waals surface area contributed by atoms with Crippen LogP contribution in [0.3, 0.4) is 0 Å². The van der Waals surface area contributed by atoms with Gasteiger partial charge in [0.1, 0.15) is 0 Å². The van der Waals surface area contributed by atoms with Crippen LogP contribution in [0.15, 0.2) is 125 Å². The summed E-state index contributed by atoms with van der Waals surface area (Å²) in [5.74, 6) is 1.29. The number of benzene rings is 3. The third kappa shape index (κ3) is 4.76. The van der Waals surface area contributed by atoms with Gasteiger partial charge in [0.15, 0.2) is 0 Å². The molecule has 0 amide bonds. The van der Waals surface area contributed by atoms with Crippen LogP contribution in [0.4, 0.5) is 0 Å². The van der Waals surface area contributed by atoms with E-state index in [0.717, 1.165) is 0 Å². The molecule has 4 aromatic rings. The van der Waals surface area contributed by atoms with Crippen LogP contribution in [0.1, 0.15) is 42.7 Å². The molecule has 3 aliphatic rings. The van der Waals surface area contributed by atoms with Crippen LogP contribution in [0, 0.1) is 11.8 Å². The molecule has 205 valence electrons. The molecule has 0 spiro atoms. The maximum absolute atomic E-state index is 4.58. The summed E-state index contributed by atoms with van der Waals surface area (Å²) in [6, 6.07) is 28.7. The average molecular weight is 672 g/mol. The SMILES string of the molecule is C=C1C=CC2=C(C(=C3C(C)=Cc4c3sc3cccc(-c5ccccc5)c43)C(C(C)C)[CH]2[Zr])C1c1ccccc1.Cl.Cl. The van der Waals surface area contributed by atoms with E-state index < -0.39 is 0 Å². The third-order valence-corrected chi connectivity index (χ3v) is 11.5. The van der Waals surface area contributed by atoms with Crippen LogP contribution >= 0.6 is 36.2 Å². The molecule has 0 N–H and O–H groups in total. The molecule has 41 heavy (non-hydrogen) atoms. The second-order valence-corrected chi connectivity index (χ2v) is 14.0. The molecule has 3 atom stereocenters. The van der Waals surface area contributed by atoms with Crippen molar-refractivity contribution < 1.29 is 24.7 Å². The smallest absolute Gasteiger partial charge is 0.147 e. The number of hydrogen-bond donors (Lipinski definition) is 0. The largest absolute Gasteiger partial charge is 0.147 e. The summed E-state index contributed by atoms with van der Waals surface area (Å²) in [6.45, 7) is 11.8. The van der Waals surface area contributed by atoms with E-state index >= 15 is 0 Å². The second-order valence-electron chi connectivity index (χ2n) is 11.4. The zero-order valence-corrected chi connectivity index (χ0v) is 28.4. The molecule has 1 aromatic heterocycles. The molecule has 0 saturated heterocycles. The predicted molar refractivity (Wildman–Crippen MR) is 179 cm³/mol. The van der Waals surface area contributed by atoms with Crippen molar-refractivity contribution in [3.8, 4) is 11.1 Å². The van der Waals surface area contributed by atoms with E-state index in [1.807, 2.05) is 11.3 Å². The number of rotatable bonds is 3. The minimum absolute atomic E-state index is 0. The Morgan fingerprint density at radius 1 is 0.829 bits per heavy atom. The van der Waals surface area contributed by atoms with E-state index in [0.29, 0.717) is 15.5 Å².